The second-order valence-electron chi connectivity index (χ2n) is 3.47. The Morgan fingerprint density at radius 3 is 2.59 bits per heavy atom. The van der Waals surface area contributed by atoms with Crippen LogP contribution in [0, 0.1) is 11.3 Å². The molecule has 2 N–H and O–H groups in total. The zero-order chi connectivity index (χ0) is 12.6. The molecular weight excluding hydrogens is 259 g/mol. The summed E-state index contributed by atoms with van der Waals surface area (Å²) in [5.74, 6) is 0.909. The van der Waals surface area contributed by atoms with Gasteiger partial charge in [0.15, 0.2) is 5.69 Å². The fourth-order valence-electron chi connectivity index (χ4n) is 1.49. The lowest BCUT2D eigenvalue weighted by Gasteiger charge is -2.04. The van der Waals surface area contributed by atoms with Gasteiger partial charge < -0.3 is 10.3 Å². The van der Waals surface area contributed by atoms with E-state index in [1.54, 1.807) is 29.8 Å². The third-order valence-corrected chi connectivity index (χ3v) is 3.16. The summed E-state index contributed by atoms with van der Waals surface area (Å²) in [6.45, 7) is 0. The van der Waals surface area contributed by atoms with E-state index in [2.05, 4.69) is 4.98 Å². The van der Waals surface area contributed by atoms with Crippen LogP contribution in [0.3, 0.4) is 0 Å². The molecule has 86 valence electrons. The number of aromatic nitrogens is 2. The van der Waals surface area contributed by atoms with Crippen molar-refractivity contribution in [1.82, 2.24) is 9.55 Å². The molecular formula is C11H8Cl2N4. The number of hydrogen-bond donors (Lipinski definition) is 1. The second kappa shape index (κ2) is 4.28. The molecule has 0 aliphatic carbocycles. The van der Waals surface area contributed by atoms with Gasteiger partial charge in [-0.05, 0) is 18.2 Å². The van der Waals surface area contributed by atoms with Gasteiger partial charge in [-0.15, -0.1) is 0 Å². The Morgan fingerprint density at radius 1 is 1.35 bits per heavy atom. The number of nitriles is 1. The Labute approximate surface area is 108 Å². The highest BCUT2D eigenvalue weighted by Crippen LogP contribution is 2.29. The van der Waals surface area contributed by atoms with Crippen LogP contribution in [0.4, 0.5) is 5.82 Å². The van der Waals surface area contributed by atoms with Crippen molar-refractivity contribution in [2.24, 2.45) is 7.05 Å². The molecule has 0 aliphatic rings. The van der Waals surface area contributed by atoms with Gasteiger partial charge in [-0.3, -0.25) is 0 Å². The van der Waals surface area contributed by atoms with Crippen molar-refractivity contribution in [2.45, 2.75) is 0 Å². The third-order valence-electron chi connectivity index (χ3n) is 2.42. The summed E-state index contributed by atoms with van der Waals surface area (Å²) in [7, 11) is 1.74. The van der Waals surface area contributed by atoms with Crippen LogP contribution >= 0.6 is 23.2 Å². The Morgan fingerprint density at radius 2 is 2.06 bits per heavy atom. The third kappa shape index (κ3) is 1.95. The highest BCUT2D eigenvalue weighted by atomic mass is 35.5. The molecule has 0 atom stereocenters. The molecule has 0 saturated carbocycles. The normalized spacial score (nSPS) is 10.2. The number of nitrogen functional groups attached to an aromatic ring is 1. The summed E-state index contributed by atoms with van der Waals surface area (Å²) in [6.07, 6.45) is 0. The van der Waals surface area contributed by atoms with E-state index >= 15 is 0 Å². The van der Waals surface area contributed by atoms with Gasteiger partial charge in [-0.2, -0.15) is 5.26 Å². The zero-order valence-electron chi connectivity index (χ0n) is 8.91. The first-order valence-electron chi connectivity index (χ1n) is 4.72. The summed E-state index contributed by atoms with van der Waals surface area (Å²) < 4.78 is 1.64. The first-order chi connectivity index (χ1) is 8.04. The van der Waals surface area contributed by atoms with E-state index in [1.165, 1.54) is 0 Å². The van der Waals surface area contributed by atoms with E-state index in [4.69, 9.17) is 34.2 Å². The van der Waals surface area contributed by atoms with E-state index in [-0.39, 0.29) is 5.69 Å². The molecule has 0 amide bonds. The quantitative estimate of drug-likeness (QED) is 0.863. The number of imidazole rings is 1. The van der Waals surface area contributed by atoms with E-state index in [0.29, 0.717) is 21.7 Å². The Balaban J connectivity index is 2.61. The number of nitrogens with zero attached hydrogens (tertiary/aromatic N) is 3. The molecule has 2 aromatic rings. The highest BCUT2D eigenvalue weighted by molar-refractivity contribution is 6.42. The number of nitrogens with two attached hydrogens (primary N) is 1. The molecule has 6 heteroatoms. The SMILES string of the molecule is Cn1c(-c2ccc(Cl)c(Cl)c2)nc(C#N)c1N. The van der Waals surface area contributed by atoms with E-state index in [9.17, 15) is 0 Å². The van der Waals surface area contributed by atoms with Crippen LogP contribution in [0.25, 0.3) is 11.4 Å². The molecule has 0 fully saturated rings. The summed E-state index contributed by atoms with van der Waals surface area (Å²) in [5, 5.41) is 9.75. The lowest BCUT2D eigenvalue weighted by molar-refractivity contribution is 0.936. The van der Waals surface area contributed by atoms with E-state index < -0.39 is 0 Å². The lowest BCUT2D eigenvalue weighted by Crippen LogP contribution is -1.98. The molecule has 17 heavy (non-hydrogen) atoms. The first-order valence-corrected chi connectivity index (χ1v) is 5.48. The molecule has 1 heterocycles. The molecule has 1 aromatic carbocycles. The standard InChI is InChI=1S/C11H8Cl2N4/c1-17-10(15)9(5-14)16-11(17)6-2-3-7(12)8(13)4-6/h2-4H,15H2,1H3. The van der Waals surface area contributed by atoms with Crippen LogP contribution in [-0.2, 0) is 7.05 Å². The van der Waals surface area contributed by atoms with E-state index in [0.717, 1.165) is 5.56 Å². The molecule has 0 radical (unpaired) electrons. The van der Waals surface area contributed by atoms with Crippen LogP contribution < -0.4 is 5.73 Å². The molecule has 4 nitrogen and oxygen atoms in total. The van der Waals surface area contributed by atoms with Gasteiger partial charge in [-0.25, -0.2) is 4.98 Å². The van der Waals surface area contributed by atoms with Crippen molar-refractivity contribution < 1.29 is 0 Å². The molecule has 0 spiro atoms. The van der Waals surface area contributed by atoms with Crippen molar-refractivity contribution in [3.63, 3.8) is 0 Å². The zero-order valence-corrected chi connectivity index (χ0v) is 10.4. The largest absolute Gasteiger partial charge is 0.383 e. The summed E-state index contributed by atoms with van der Waals surface area (Å²) >= 11 is 11.8. The topological polar surface area (TPSA) is 67.6 Å². The minimum Gasteiger partial charge on any atom is -0.383 e. The van der Waals surface area contributed by atoms with Crippen molar-refractivity contribution in [1.29, 1.82) is 5.26 Å². The van der Waals surface area contributed by atoms with Crippen LogP contribution in [0.1, 0.15) is 5.69 Å². The van der Waals surface area contributed by atoms with Gasteiger partial charge in [0, 0.05) is 12.6 Å². The number of anilines is 1. The van der Waals surface area contributed by atoms with Gasteiger partial charge >= 0.3 is 0 Å². The minimum absolute atomic E-state index is 0.202. The smallest absolute Gasteiger partial charge is 0.183 e. The summed E-state index contributed by atoms with van der Waals surface area (Å²) in [6, 6.07) is 7.08. The van der Waals surface area contributed by atoms with Gasteiger partial charge in [-0.1, -0.05) is 23.2 Å². The molecule has 1 aromatic heterocycles. The van der Waals surface area contributed by atoms with Crippen molar-refractivity contribution in [3.05, 3.63) is 33.9 Å². The number of rotatable bonds is 1. The Hall–Kier alpha value is -1.70. The van der Waals surface area contributed by atoms with E-state index in [1.807, 2.05) is 6.07 Å². The molecule has 0 bridgehead atoms. The van der Waals surface area contributed by atoms with Gasteiger partial charge in [0.1, 0.15) is 17.7 Å². The van der Waals surface area contributed by atoms with Gasteiger partial charge in [0.2, 0.25) is 0 Å². The molecule has 2 rings (SSSR count). The predicted molar refractivity (Wildman–Crippen MR) is 67.8 cm³/mol. The fraction of sp³-hybridized carbons (Fsp3) is 0.0909. The summed E-state index contributed by atoms with van der Waals surface area (Å²) in [5.41, 5.74) is 6.70. The number of halogens is 2. The Bertz CT molecular complexity index is 625. The highest BCUT2D eigenvalue weighted by Gasteiger charge is 2.13. The van der Waals surface area contributed by atoms with Crippen LogP contribution in [0.5, 0.6) is 0 Å². The van der Waals surface area contributed by atoms with Gasteiger partial charge in [0.05, 0.1) is 10.0 Å². The summed E-state index contributed by atoms with van der Waals surface area (Å²) in [4.78, 5) is 4.14. The molecule has 0 saturated heterocycles. The second-order valence-corrected chi connectivity index (χ2v) is 4.28. The average molecular weight is 267 g/mol. The van der Waals surface area contributed by atoms with Crippen LogP contribution in [0.15, 0.2) is 18.2 Å². The first kappa shape index (κ1) is 11.8. The maximum absolute atomic E-state index is 8.85. The monoisotopic (exact) mass is 266 g/mol. The predicted octanol–water partition coefficient (Wildman–Crippen LogP) is 2.85. The molecule has 0 aliphatic heterocycles. The number of hydrogen-bond acceptors (Lipinski definition) is 3. The van der Waals surface area contributed by atoms with Crippen LogP contribution in [-0.4, -0.2) is 9.55 Å². The Kier molecular flexibility index (Phi) is 2.97. The van der Waals surface area contributed by atoms with Crippen molar-refractivity contribution in [3.8, 4) is 17.5 Å². The minimum atomic E-state index is 0.202. The van der Waals surface area contributed by atoms with Crippen molar-refractivity contribution in [2.75, 3.05) is 5.73 Å². The fourth-order valence-corrected chi connectivity index (χ4v) is 1.78. The maximum Gasteiger partial charge on any atom is 0.183 e. The van der Waals surface area contributed by atoms with Crippen LogP contribution in [0.2, 0.25) is 10.0 Å². The number of benzene rings is 1. The maximum atomic E-state index is 8.85. The average Bonchev–Trinajstić information content (AvgIpc) is 2.60. The lowest BCUT2D eigenvalue weighted by atomic mass is 10.2. The van der Waals surface area contributed by atoms with Crippen molar-refractivity contribution >= 4 is 29.0 Å². The van der Waals surface area contributed by atoms with Gasteiger partial charge in [0.25, 0.3) is 0 Å². The molecule has 0 unspecified atom stereocenters.